The molecule has 7 nitrogen and oxygen atoms in total. The molecule has 0 unspecified atom stereocenters. The van der Waals surface area contributed by atoms with E-state index in [1.165, 1.54) is 18.4 Å². The predicted octanol–water partition coefficient (Wildman–Crippen LogP) is 2.47. The molecule has 1 aromatic carbocycles. The average Bonchev–Trinajstić information content (AvgIpc) is 3.24. The third kappa shape index (κ3) is 3.10. The molecule has 8 heteroatoms. The molecule has 0 spiro atoms. The highest BCUT2D eigenvalue weighted by molar-refractivity contribution is 5.78. The van der Waals surface area contributed by atoms with Gasteiger partial charge in [0.15, 0.2) is 23.9 Å². The van der Waals surface area contributed by atoms with Gasteiger partial charge < -0.3 is 18.6 Å². The lowest BCUT2D eigenvalue weighted by molar-refractivity contribution is -0.138. The fourth-order valence-electron chi connectivity index (χ4n) is 2.54. The number of nitrogens with zero attached hydrogens (tertiary/aromatic N) is 3. The minimum Gasteiger partial charge on any atom is -0.481 e. The van der Waals surface area contributed by atoms with Gasteiger partial charge in [-0.25, -0.2) is 4.39 Å². The first kappa shape index (κ1) is 15.4. The number of ether oxygens (including phenoxy) is 1. The molecule has 128 valence electrons. The number of hydrogen-bond acceptors (Lipinski definition) is 6. The third-order valence-electron chi connectivity index (χ3n) is 3.95. The molecule has 0 saturated carbocycles. The molecule has 25 heavy (non-hydrogen) atoms. The summed E-state index contributed by atoms with van der Waals surface area (Å²) in [6, 6.07) is 9.46. The first-order valence-electron chi connectivity index (χ1n) is 7.73. The summed E-state index contributed by atoms with van der Waals surface area (Å²) in [7, 11) is 0. The number of carbonyl (C=O) groups is 1. The fourth-order valence-corrected chi connectivity index (χ4v) is 2.54. The number of hydrogen-bond donors (Lipinski definition) is 0. The number of likely N-dealkylation sites (tertiary alicyclic amines) is 1. The van der Waals surface area contributed by atoms with E-state index in [0.29, 0.717) is 30.6 Å². The highest BCUT2D eigenvalue weighted by Gasteiger charge is 2.36. The summed E-state index contributed by atoms with van der Waals surface area (Å²) >= 11 is 0. The van der Waals surface area contributed by atoms with Crippen molar-refractivity contribution in [3.63, 3.8) is 0 Å². The second kappa shape index (κ2) is 6.39. The molecule has 3 aromatic rings. The van der Waals surface area contributed by atoms with E-state index in [0.717, 1.165) is 0 Å². The van der Waals surface area contributed by atoms with Crippen LogP contribution in [0.5, 0.6) is 5.75 Å². The lowest BCUT2D eigenvalue weighted by Crippen LogP contribution is -2.50. The minimum atomic E-state index is -0.492. The molecule has 1 aliphatic heterocycles. The van der Waals surface area contributed by atoms with Crippen LogP contribution in [0.4, 0.5) is 4.39 Å². The van der Waals surface area contributed by atoms with E-state index in [9.17, 15) is 9.18 Å². The van der Waals surface area contributed by atoms with Gasteiger partial charge in [0.25, 0.3) is 5.91 Å². The second-order valence-corrected chi connectivity index (χ2v) is 5.65. The van der Waals surface area contributed by atoms with Gasteiger partial charge in [-0.1, -0.05) is 17.3 Å². The van der Waals surface area contributed by atoms with Crippen molar-refractivity contribution in [2.45, 2.75) is 5.92 Å². The second-order valence-electron chi connectivity index (χ2n) is 5.65. The molecule has 1 saturated heterocycles. The Labute approximate surface area is 142 Å². The van der Waals surface area contributed by atoms with E-state index in [1.54, 1.807) is 29.2 Å². The van der Waals surface area contributed by atoms with Crippen molar-refractivity contribution in [1.29, 1.82) is 0 Å². The van der Waals surface area contributed by atoms with E-state index in [1.807, 2.05) is 0 Å². The number of furan rings is 1. The molecular formula is C17H14FN3O4. The standard InChI is InChI=1S/C17H14FN3O4/c18-12-4-1-2-5-13(12)24-10-15(22)21-8-11(9-21)17-19-16(20-25-17)14-6-3-7-23-14/h1-7,11H,8-10H2. The van der Waals surface area contributed by atoms with Gasteiger partial charge in [-0.3, -0.25) is 4.79 Å². The van der Waals surface area contributed by atoms with Gasteiger partial charge >= 0.3 is 0 Å². The van der Waals surface area contributed by atoms with Gasteiger partial charge in [-0.15, -0.1) is 0 Å². The number of benzene rings is 1. The zero-order valence-electron chi connectivity index (χ0n) is 13.1. The van der Waals surface area contributed by atoms with Crippen LogP contribution in [-0.4, -0.2) is 40.6 Å². The van der Waals surface area contributed by atoms with Crippen LogP contribution in [0, 0.1) is 5.82 Å². The van der Waals surface area contributed by atoms with Gasteiger partial charge in [0.2, 0.25) is 11.7 Å². The van der Waals surface area contributed by atoms with Crippen molar-refractivity contribution in [3.8, 4) is 17.3 Å². The zero-order chi connectivity index (χ0) is 17.2. The Hall–Kier alpha value is -3.16. The number of halogens is 1. The maximum Gasteiger partial charge on any atom is 0.260 e. The van der Waals surface area contributed by atoms with Crippen LogP contribution < -0.4 is 4.74 Å². The highest BCUT2D eigenvalue weighted by atomic mass is 19.1. The predicted molar refractivity (Wildman–Crippen MR) is 83.2 cm³/mol. The van der Waals surface area contributed by atoms with E-state index in [4.69, 9.17) is 13.7 Å². The summed E-state index contributed by atoms with van der Waals surface area (Å²) in [5.41, 5.74) is 0. The fraction of sp³-hybridized carbons (Fsp3) is 0.235. The molecular weight excluding hydrogens is 329 g/mol. The Morgan fingerprint density at radius 1 is 1.28 bits per heavy atom. The van der Waals surface area contributed by atoms with Crippen LogP contribution in [0.3, 0.4) is 0 Å². The Kier molecular flexibility index (Phi) is 3.93. The topological polar surface area (TPSA) is 81.6 Å². The average molecular weight is 343 g/mol. The summed E-state index contributed by atoms with van der Waals surface area (Å²) in [6.45, 7) is 0.702. The summed E-state index contributed by atoms with van der Waals surface area (Å²) in [5, 5.41) is 3.87. The first-order chi connectivity index (χ1) is 12.2. The van der Waals surface area contributed by atoms with Crippen molar-refractivity contribution >= 4 is 5.91 Å². The molecule has 2 aromatic heterocycles. The van der Waals surface area contributed by atoms with Crippen LogP contribution in [-0.2, 0) is 4.79 Å². The molecule has 0 bridgehead atoms. The molecule has 4 rings (SSSR count). The summed E-state index contributed by atoms with van der Waals surface area (Å²) in [6.07, 6.45) is 1.53. The maximum absolute atomic E-state index is 13.5. The summed E-state index contributed by atoms with van der Waals surface area (Å²) in [4.78, 5) is 18.0. The lowest BCUT2D eigenvalue weighted by Gasteiger charge is -2.36. The molecule has 3 heterocycles. The van der Waals surface area contributed by atoms with Crippen LogP contribution in [0.15, 0.2) is 51.6 Å². The first-order valence-corrected chi connectivity index (χ1v) is 7.73. The number of carbonyl (C=O) groups excluding carboxylic acids is 1. The van der Waals surface area contributed by atoms with Gasteiger partial charge in [0.05, 0.1) is 12.2 Å². The van der Waals surface area contributed by atoms with Gasteiger partial charge in [-0.05, 0) is 24.3 Å². The van der Waals surface area contributed by atoms with Crippen LogP contribution in [0.25, 0.3) is 11.6 Å². The molecule has 0 N–H and O–H groups in total. The van der Waals surface area contributed by atoms with E-state index in [-0.39, 0.29) is 24.2 Å². The molecule has 0 atom stereocenters. The van der Waals surface area contributed by atoms with Crippen LogP contribution in [0.1, 0.15) is 11.8 Å². The van der Waals surface area contributed by atoms with Crippen LogP contribution >= 0.6 is 0 Å². The molecule has 1 amide bonds. The Morgan fingerprint density at radius 3 is 2.88 bits per heavy atom. The van der Waals surface area contributed by atoms with E-state index in [2.05, 4.69) is 10.1 Å². The minimum absolute atomic E-state index is 0.0198. The Bertz CT molecular complexity index is 872. The van der Waals surface area contributed by atoms with Crippen molar-refractivity contribution in [3.05, 3.63) is 54.4 Å². The van der Waals surface area contributed by atoms with Gasteiger partial charge in [-0.2, -0.15) is 4.98 Å². The van der Waals surface area contributed by atoms with Crippen molar-refractivity contribution in [1.82, 2.24) is 15.0 Å². The molecule has 1 fully saturated rings. The van der Waals surface area contributed by atoms with Crippen molar-refractivity contribution in [2.24, 2.45) is 0 Å². The van der Waals surface area contributed by atoms with E-state index >= 15 is 0 Å². The monoisotopic (exact) mass is 343 g/mol. The maximum atomic E-state index is 13.5. The third-order valence-corrected chi connectivity index (χ3v) is 3.95. The number of amides is 1. The summed E-state index contributed by atoms with van der Waals surface area (Å²) in [5.74, 6) is 0.707. The SMILES string of the molecule is O=C(COc1ccccc1F)N1CC(c2nc(-c3ccco3)no2)C1. The van der Waals surface area contributed by atoms with Gasteiger partial charge in [0.1, 0.15) is 0 Å². The highest BCUT2D eigenvalue weighted by Crippen LogP contribution is 2.28. The molecule has 0 aliphatic carbocycles. The van der Waals surface area contributed by atoms with Crippen molar-refractivity contribution in [2.75, 3.05) is 19.7 Å². The normalized spacial score (nSPS) is 14.4. The Morgan fingerprint density at radius 2 is 2.12 bits per heavy atom. The zero-order valence-corrected chi connectivity index (χ0v) is 13.1. The quantitative estimate of drug-likeness (QED) is 0.708. The van der Waals surface area contributed by atoms with E-state index < -0.39 is 5.82 Å². The van der Waals surface area contributed by atoms with Crippen LogP contribution in [0.2, 0.25) is 0 Å². The van der Waals surface area contributed by atoms with Gasteiger partial charge in [0, 0.05) is 13.1 Å². The number of para-hydroxylation sites is 1. The number of rotatable bonds is 5. The molecule has 0 radical (unpaired) electrons. The number of aromatic nitrogens is 2. The summed E-state index contributed by atoms with van der Waals surface area (Å²) < 4.78 is 29.1. The van der Waals surface area contributed by atoms with Crippen molar-refractivity contribution < 1.29 is 22.9 Å². The Balaban J connectivity index is 1.30. The smallest absolute Gasteiger partial charge is 0.260 e. The molecule has 1 aliphatic rings. The largest absolute Gasteiger partial charge is 0.481 e. The lowest BCUT2D eigenvalue weighted by atomic mass is 10.0.